The SMILES string of the molecule is CCCC(O)P(=O)(O)CCCN.Cl. The average molecular weight is 232 g/mol. The first-order valence-corrected chi connectivity index (χ1v) is 6.15. The minimum absolute atomic E-state index is 0. The number of aliphatic hydroxyl groups excluding tert-OH is 1. The highest BCUT2D eigenvalue weighted by molar-refractivity contribution is 7.58. The van der Waals surface area contributed by atoms with Crippen molar-refractivity contribution in [2.45, 2.75) is 32.0 Å². The number of aliphatic hydroxyl groups is 1. The molecule has 0 spiro atoms. The fourth-order valence-corrected chi connectivity index (χ4v) is 2.52. The summed E-state index contributed by atoms with van der Waals surface area (Å²) in [6.07, 6.45) is 1.73. The van der Waals surface area contributed by atoms with Gasteiger partial charge in [-0.3, -0.25) is 4.57 Å². The first-order chi connectivity index (χ1) is 5.54. The molecule has 0 bridgehead atoms. The van der Waals surface area contributed by atoms with E-state index in [0.29, 0.717) is 25.8 Å². The van der Waals surface area contributed by atoms with E-state index in [9.17, 15) is 14.6 Å². The molecule has 0 heterocycles. The molecule has 2 atom stereocenters. The summed E-state index contributed by atoms with van der Waals surface area (Å²) in [5.41, 5.74) is 5.20. The number of rotatable bonds is 6. The zero-order chi connectivity index (χ0) is 9.61. The molecule has 0 aliphatic rings. The van der Waals surface area contributed by atoms with Crippen molar-refractivity contribution < 1.29 is 14.6 Å². The van der Waals surface area contributed by atoms with E-state index < -0.39 is 13.2 Å². The first-order valence-electron chi connectivity index (χ1n) is 4.24. The highest BCUT2D eigenvalue weighted by Crippen LogP contribution is 2.46. The summed E-state index contributed by atoms with van der Waals surface area (Å²) in [5.74, 6) is -1.06. The Labute approximate surface area is 85.4 Å². The lowest BCUT2D eigenvalue weighted by Crippen LogP contribution is -2.11. The van der Waals surface area contributed by atoms with Crippen LogP contribution in [0.25, 0.3) is 0 Å². The molecule has 0 aliphatic heterocycles. The van der Waals surface area contributed by atoms with Crippen LogP contribution in [0, 0.1) is 0 Å². The molecule has 0 radical (unpaired) electrons. The summed E-state index contributed by atoms with van der Waals surface area (Å²) in [4.78, 5) is 9.30. The molecular weight excluding hydrogens is 213 g/mol. The lowest BCUT2D eigenvalue weighted by molar-refractivity contribution is 0.219. The molecule has 0 aliphatic carbocycles. The Kier molecular flexibility index (Phi) is 9.48. The molecule has 0 rings (SSSR count). The Hall–Kier alpha value is 0.400. The minimum Gasteiger partial charge on any atom is -0.383 e. The van der Waals surface area contributed by atoms with Gasteiger partial charge >= 0.3 is 0 Å². The van der Waals surface area contributed by atoms with Crippen LogP contribution in [-0.4, -0.2) is 28.6 Å². The topological polar surface area (TPSA) is 83.5 Å². The van der Waals surface area contributed by atoms with Gasteiger partial charge in [0.1, 0.15) is 5.85 Å². The minimum atomic E-state index is -3.34. The standard InChI is InChI=1S/C7H18NO3P.ClH/c1-2-4-7(9)12(10,11)6-3-5-8;/h7,9H,2-6,8H2,1H3,(H,10,11);1H. The molecule has 0 amide bonds. The highest BCUT2D eigenvalue weighted by atomic mass is 35.5. The summed E-state index contributed by atoms with van der Waals surface area (Å²) in [5, 5.41) is 9.25. The Bertz CT molecular complexity index is 168. The van der Waals surface area contributed by atoms with Gasteiger partial charge in [0.05, 0.1) is 0 Å². The van der Waals surface area contributed by atoms with Crippen molar-refractivity contribution in [1.29, 1.82) is 0 Å². The predicted octanol–water partition coefficient (Wildman–Crippen LogP) is 1.15. The molecule has 0 fully saturated rings. The number of hydrogen-bond donors (Lipinski definition) is 3. The van der Waals surface area contributed by atoms with Gasteiger partial charge in [0, 0.05) is 6.16 Å². The smallest absolute Gasteiger partial charge is 0.228 e. The summed E-state index contributed by atoms with van der Waals surface area (Å²) >= 11 is 0. The van der Waals surface area contributed by atoms with Crippen molar-refractivity contribution in [3.8, 4) is 0 Å². The molecule has 0 aromatic carbocycles. The fourth-order valence-electron chi connectivity index (χ4n) is 0.927. The van der Waals surface area contributed by atoms with Crippen LogP contribution in [0.4, 0.5) is 0 Å². The molecule has 13 heavy (non-hydrogen) atoms. The van der Waals surface area contributed by atoms with E-state index in [1.54, 1.807) is 0 Å². The normalized spacial score (nSPS) is 17.2. The van der Waals surface area contributed by atoms with Gasteiger partial charge in [0.25, 0.3) is 0 Å². The van der Waals surface area contributed by atoms with Crippen molar-refractivity contribution in [2.75, 3.05) is 12.7 Å². The van der Waals surface area contributed by atoms with Gasteiger partial charge in [-0.05, 0) is 19.4 Å². The fraction of sp³-hybridized carbons (Fsp3) is 1.00. The Morgan fingerprint density at radius 2 is 2.08 bits per heavy atom. The van der Waals surface area contributed by atoms with Gasteiger partial charge < -0.3 is 15.7 Å². The average Bonchev–Trinajstić information content (AvgIpc) is 2.01. The highest BCUT2D eigenvalue weighted by Gasteiger charge is 2.26. The van der Waals surface area contributed by atoms with E-state index in [4.69, 9.17) is 5.73 Å². The van der Waals surface area contributed by atoms with Gasteiger partial charge in [-0.25, -0.2) is 0 Å². The molecule has 0 aromatic heterocycles. The van der Waals surface area contributed by atoms with Gasteiger partial charge in [-0.15, -0.1) is 12.4 Å². The Morgan fingerprint density at radius 3 is 2.46 bits per heavy atom. The van der Waals surface area contributed by atoms with E-state index in [2.05, 4.69) is 0 Å². The van der Waals surface area contributed by atoms with Gasteiger partial charge in [0.2, 0.25) is 7.37 Å². The van der Waals surface area contributed by atoms with Crippen LogP contribution in [0.3, 0.4) is 0 Å². The number of hydrogen-bond acceptors (Lipinski definition) is 3. The Morgan fingerprint density at radius 1 is 1.54 bits per heavy atom. The molecule has 0 aromatic rings. The number of halogens is 1. The van der Waals surface area contributed by atoms with E-state index in [-0.39, 0.29) is 18.6 Å². The monoisotopic (exact) mass is 231 g/mol. The van der Waals surface area contributed by atoms with Crippen molar-refractivity contribution >= 4 is 19.8 Å². The third kappa shape index (κ3) is 6.47. The zero-order valence-electron chi connectivity index (χ0n) is 7.85. The third-order valence-corrected chi connectivity index (χ3v) is 3.84. The van der Waals surface area contributed by atoms with Crippen LogP contribution in [0.15, 0.2) is 0 Å². The van der Waals surface area contributed by atoms with Crippen LogP contribution < -0.4 is 5.73 Å². The van der Waals surface area contributed by atoms with E-state index in [1.165, 1.54) is 0 Å². The molecule has 4 nitrogen and oxygen atoms in total. The molecule has 2 unspecified atom stereocenters. The van der Waals surface area contributed by atoms with Crippen LogP contribution in [-0.2, 0) is 4.57 Å². The maximum atomic E-state index is 11.3. The second-order valence-electron chi connectivity index (χ2n) is 2.89. The van der Waals surface area contributed by atoms with Gasteiger partial charge in [-0.1, -0.05) is 13.3 Å². The maximum Gasteiger partial charge on any atom is 0.228 e. The molecule has 82 valence electrons. The van der Waals surface area contributed by atoms with E-state index in [1.807, 2.05) is 6.92 Å². The summed E-state index contributed by atoms with van der Waals surface area (Å²) in [6, 6.07) is 0. The third-order valence-electron chi connectivity index (χ3n) is 1.70. The molecule has 6 heteroatoms. The van der Waals surface area contributed by atoms with Crippen molar-refractivity contribution in [3.63, 3.8) is 0 Å². The van der Waals surface area contributed by atoms with Gasteiger partial charge in [0.15, 0.2) is 0 Å². The molecular formula is C7H19ClNO3P. The largest absolute Gasteiger partial charge is 0.383 e. The van der Waals surface area contributed by atoms with E-state index in [0.717, 1.165) is 0 Å². The predicted molar refractivity (Wildman–Crippen MR) is 56.5 cm³/mol. The Balaban J connectivity index is 0. The van der Waals surface area contributed by atoms with Crippen molar-refractivity contribution in [2.24, 2.45) is 5.73 Å². The van der Waals surface area contributed by atoms with Gasteiger partial charge in [-0.2, -0.15) is 0 Å². The molecule has 0 saturated heterocycles. The van der Waals surface area contributed by atoms with Crippen LogP contribution in [0.1, 0.15) is 26.2 Å². The molecule has 0 saturated carbocycles. The lowest BCUT2D eigenvalue weighted by Gasteiger charge is -2.16. The molecule has 4 N–H and O–H groups in total. The zero-order valence-corrected chi connectivity index (χ0v) is 9.56. The second-order valence-corrected chi connectivity index (χ2v) is 5.45. The second kappa shape index (κ2) is 7.77. The number of nitrogens with two attached hydrogens (primary N) is 1. The quantitative estimate of drug-likeness (QED) is 0.599. The maximum absolute atomic E-state index is 11.3. The van der Waals surface area contributed by atoms with Crippen LogP contribution in [0.5, 0.6) is 0 Å². The first kappa shape index (κ1) is 15.9. The summed E-state index contributed by atoms with van der Waals surface area (Å²) in [6.45, 7) is 2.26. The van der Waals surface area contributed by atoms with Crippen molar-refractivity contribution in [1.82, 2.24) is 0 Å². The van der Waals surface area contributed by atoms with Crippen molar-refractivity contribution in [3.05, 3.63) is 0 Å². The van der Waals surface area contributed by atoms with Crippen LogP contribution in [0.2, 0.25) is 0 Å². The van der Waals surface area contributed by atoms with Crippen LogP contribution >= 0.6 is 19.8 Å². The lowest BCUT2D eigenvalue weighted by atomic mass is 10.4. The summed E-state index contributed by atoms with van der Waals surface area (Å²) in [7, 11) is -3.34. The summed E-state index contributed by atoms with van der Waals surface area (Å²) < 4.78 is 11.3. The van der Waals surface area contributed by atoms with E-state index >= 15 is 0 Å².